The van der Waals surface area contributed by atoms with Crippen LogP contribution in [-0.2, 0) is 20.9 Å². The van der Waals surface area contributed by atoms with Gasteiger partial charge in [-0.3, -0.25) is 9.69 Å². The van der Waals surface area contributed by atoms with E-state index in [0.29, 0.717) is 26.2 Å². The molecule has 2 aliphatic heterocycles. The highest BCUT2D eigenvalue weighted by molar-refractivity contribution is 5.86. The van der Waals surface area contributed by atoms with Crippen LogP contribution < -0.4 is 0 Å². The number of carbonyl (C=O) groups is 2. The quantitative estimate of drug-likeness (QED) is 0.828. The fourth-order valence-electron chi connectivity index (χ4n) is 3.77. The summed E-state index contributed by atoms with van der Waals surface area (Å²) in [5.74, 6) is 0.0524. The second-order valence-corrected chi connectivity index (χ2v) is 7.00. The first kappa shape index (κ1) is 18.7. The Kier molecular flexibility index (Phi) is 6.50. The van der Waals surface area contributed by atoms with E-state index in [-0.39, 0.29) is 18.1 Å². The van der Waals surface area contributed by atoms with E-state index in [1.807, 2.05) is 23.1 Å². The Labute approximate surface area is 155 Å². The zero-order valence-electron chi connectivity index (χ0n) is 15.4. The van der Waals surface area contributed by atoms with Crippen LogP contribution in [0.2, 0.25) is 0 Å². The molecule has 2 amide bonds. The van der Waals surface area contributed by atoms with E-state index in [2.05, 4.69) is 12.1 Å². The Morgan fingerprint density at radius 3 is 2.46 bits per heavy atom. The summed E-state index contributed by atoms with van der Waals surface area (Å²) in [5, 5.41) is 0. The monoisotopic (exact) mass is 360 g/mol. The zero-order valence-corrected chi connectivity index (χ0v) is 15.4. The van der Waals surface area contributed by atoms with Crippen LogP contribution in [0.3, 0.4) is 0 Å². The maximum atomic E-state index is 12.9. The minimum absolute atomic E-state index is 0.0524. The van der Waals surface area contributed by atoms with Crippen LogP contribution in [0.15, 0.2) is 30.3 Å². The van der Waals surface area contributed by atoms with Crippen molar-refractivity contribution in [1.29, 1.82) is 0 Å². The summed E-state index contributed by atoms with van der Waals surface area (Å²) in [6, 6.07) is 9.76. The van der Waals surface area contributed by atoms with Crippen molar-refractivity contribution in [1.82, 2.24) is 9.80 Å². The maximum Gasteiger partial charge on any atom is 0.410 e. The molecule has 2 saturated heterocycles. The smallest absolute Gasteiger partial charge is 0.410 e. The van der Waals surface area contributed by atoms with E-state index in [0.717, 1.165) is 32.1 Å². The fraction of sp³-hybridized carbons (Fsp3) is 0.600. The third-order valence-electron chi connectivity index (χ3n) is 5.28. The largest absolute Gasteiger partial charge is 0.453 e. The van der Waals surface area contributed by atoms with E-state index < -0.39 is 6.09 Å². The summed E-state index contributed by atoms with van der Waals surface area (Å²) >= 11 is 0. The first-order valence-electron chi connectivity index (χ1n) is 9.48. The Balaban J connectivity index is 1.49. The van der Waals surface area contributed by atoms with Crippen LogP contribution in [-0.4, -0.2) is 60.7 Å². The van der Waals surface area contributed by atoms with Gasteiger partial charge in [-0.05, 0) is 37.7 Å². The van der Waals surface area contributed by atoms with Crippen molar-refractivity contribution in [3.05, 3.63) is 35.9 Å². The van der Waals surface area contributed by atoms with Gasteiger partial charge in [0, 0.05) is 19.6 Å². The van der Waals surface area contributed by atoms with Gasteiger partial charge >= 0.3 is 6.09 Å². The lowest BCUT2D eigenvalue weighted by atomic mass is 9.99. The molecular formula is C20H28N2O4. The normalized spacial score (nSPS) is 21.5. The number of benzene rings is 1. The number of nitrogens with zero attached hydrogens (tertiary/aromatic N) is 2. The predicted octanol–water partition coefficient (Wildman–Crippen LogP) is 2.82. The molecule has 26 heavy (non-hydrogen) atoms. The average molecular weight is 360 g/mol. The molecule has 1 aromatic carbocycles. The highest BCUT2D eigenvalue weighted by atomic mass is 16.5. The van der Waals surface area contributed by atoms with E-state index in [1.165, 1.54) is 12.7 Å². The third-order valence-corrected chi connectivity index (χ3v) is 5.28. The number of amides is 2. The third kappa shape index (κ3) is 4.55. The van der Waals surface area contributed by atoms with Gasteiger partial charge in [-0.1, -0.05) is 30.3 Å². The topological polar surface area (TPSA) is 59.1 Å². The molecule has 2 fully saturated rings. The molecule has 0 saturated carbocycles. The van der Waals surface area contributed by atoms with Crippen LogP contribution in [0.4, 0.5) is 4.79 Å². The van der Waals surface area contributed by atoms with Gasteiger partial charge in [0.15, 0.2) is 0 Å². The van der Waals surface area contributed by atoms with Gasteiger partial charge in [-0.15, -0.1) is 0 Å². The number of likely N-dealkylation sites (tertiary alicyclic amines) is 2. The zero-order chi connectivity index (χ0) is 18.4. The molecule has 2 heterocycles. The Morgan fingerprint density at radius 2 is 1.77 bits per heavy atom. The van der Waals surface area contributed by atoms with Crippen LogP contribution >= 0.6 is 0 Å². The molecule has 2 aliphatic rings. The number of methoxy groups -OCH3 is 1. The van der Waals surface area contributed by atoms with Gasteiger partial charge in [-0.25, -0.2) is 4.79 Å². The number of ether oxygens (including phenoxy) is 2. The number of rotatable bonds is 4. The maximum absolute atomic E-state index is 12.9. The average Bonchev–Trinajstić information content (AvgIpc) is 2.72. The predicted molar refractivity (Wildman–Crippen MR) is 97.6 cm³/mol. The molecule has 6 heteroatoms. The molecule has 0 N–H and O–H groups in total. The lowest BCUT2D eigenvalue weighted by Gasteiger charge is -2.39. The van der Waals surface area contributed by atoms with E-state index in [9.17, 15) is 9.59 Å². The molecule has 0 unspecified atom stereocenters. The summed E-state index contributed by atoms with van der Waals surface area (Å²) < 4.78 is 10.8. The van der Waals surface area contributed by atoms with Crippen LogP contribution in [0.1, 0.15) is 37.7 Å². The summed E-state index contributed by atoms with van der Waals surface area (Å²) in [6.45, 7) is 2.57. The van der Waals surface area contributed by atoms with Crippen molar-refractivity contribution in [2.75, 3.05) is 26.7 Å². The second kappa shape index (κ2) is 9.03. The molecule has 6 nitrogen and oxygen atoms in total. The van der Waals surface area contributed by atoms with Gasteiger partial charge in [0.2, 0.25) is 5.91 Å². The number of hydrogen-bond donors (Lipinski definition) is 0. The lowest BCUT2D eigenvalue weighted by Crippen LogP contribution is -2.54. The molecule has 0 aromatic heterocycles. The molecule has 1 aromatic rings. The Morgan fingerprint density at radius 1 is 1.04 bits per heavy atom. The van der Waals surface area contributed by atoms with Crippen molar-refractivity contribution in [2.45, 2.75) is 50.9 Å². The van der Waals surface area contributed by atoms with Crippen molar-refractivity contribution in [2.24, 2.45) is 0 Å². The molecule has 1 atom stereocenters. The van der Waals surface area contributed by atoms with Crippen molar-refractivity contribution >= 4 is 12.0 Å². The highest BCUT2D eigenvalue weighted by Crippen LogP contribution is 2.23. The van der Waals surface area contributed by atoms with Crippen LogP contribution in [0.25, 0.3) is 0 Å². The summed E-state index contributed by atoms with van der Waals surface area (Å²) in [7, 11) is 1.37. The van der Waals surface area contributed by atoms with E-state index in [4.69, 9.17) is 9.47 Å². The van der Waals surface area contributed by atoms with Crippen molar-refractivity contribution in [3.63, 3.8) is 0 Å². The summed E-state index contributed by atoms with van der Waals surface area (Å²) in [5.41, 5.74) is 1.17. The first-order chi connectivity index (χ1) is 12.7. The SMILES string of the molecule is COC(=O)N1CCCC[C@H]1C(=O)N1CCC(OCc2ccccc2)CC1. The summed E-state index contributed by atoms with van der Waals surface area (Å²) in [6.07, 6.45) is 4.08. The number of carbonyl (C=O) groups excluding carboxylic acids is 2. The van der Waals surface area contributed by atoms with Gasteiger partial charge in [0.05, 0.1) is 19.8 Å². The molecular weight excluding hydrogens is 332 g/mol. The second-order valence-electron chi connectivity index (χ2n) is 7.00. The van der Waals surface area contributed by atoms with Crippen LogP contribution in [0.5, 0.6) is 0 Å². The molecule has 0 spiro atoms. The van der Waals surface area contributed by atoms with Crippen molar-refractivity contribution < 1.29 is 19.1 Å². The lowest BCUT2D eigenvalue weighted by molar-refractivity contribution is -0.140. The standard InChI is InChI=1S/C20H28N2O4/c1-25-20(24)22-12-6-5-9-18(22)19(23)21-13-10-17(11-14-21)26-15-16-7-3-2-4-8-16/h2-4,7-8,17-18H,5-6,9-15H2,1H3/t18-/m0/s1. The minimum atomic E-state index is -0.399. The van der Waals surface area contributed by atoms with Gasteiger partial charge in [-0.2, -0.15) is 0 Å². The van der Waals surface area contributed by atoms with Gasteiger partial charge in [0.25, 0.3) is 0 Å². The van der Waals surface area contributed by atoms with Gasteiger partial charge < -0.3 is 14.4 Å². The Bertz CT molecular complexity index is 599. The Hall–Kier alpha value is -2.08. The molecule has 0 radical (unpaired) electrons. The molecule has 0 aliphatic carbocycles. The molecule has 0 bridgehead atoms. The molecule has 3 rings (SSSR count). The van der Waals surface area contributed by atoms with Crippen molar-refractivity contribution in [3.8, 4) is 0 Å². The number of piperidine rings is 2. The highest BCUT2D eigenvalue weighted by Gasteiger charge is 2.36. The van der Waals surface area contributed by atoms with E-state index >= 15 is 0 Å². The minimum Gasteiger partial charge on any atom is -0.453 e. The van der Waals surface area contributed by atoms with Crippen LogP contribution in [0, 0.1) is 0 Å². The molecule has 142 valence electrons. The number of hydrogen-bond acceptors (Lipinski definition) is 4. The van der Waals surface area contributed by atoms with Gasteiger partial charge in [0.1, 0.15) is 6.04 Å². The summed E-state index contributed by atoms with van der Waals surface area (Å²) in [4.78, 5) is 28.3. The first-order valence-corrected chi connectivity index (χ1v) is 9.48. The van der Waals surface area contributed by atoms with E-state index in [1.54, 1.807) is 4.90 Å². The fourth-order valence-corrected chi connectivity index (χ4v) is 3.77.